The minimum absolute atomic E-state index is 0.0228. The van der Waals surface area contributed by atoms with Crippen LogP contribution < -0.4 is 4.18 Å². The van der Waals surface area contributed by atoms with Crippen LogP contribution in [0.4, 0.5) is 4.39 Å². The number of amides is 1. The van der Waals surface area contributed by atoms with Gasteiger partial charge in [-0.3, -0.25) is 9.59 Å². The van der Waals surface area contributed by atoms with Gasteiger partial charge in [-0.15, -0.1) is 0 Å². The first kappa shape index (κ1) is 22.7. The van der Waals surface area contributed by atoms with Crippen LogP contribution in [0, 0.1) is 5.82 Å². The van der Waals surface area contributed by atoms with E-state index >= 15 is 0 Å². The monoisotopic (exact) mass is 449 g/mol. The van der Waals surface area contributed by atoms with Gasteiger partial charge in [0.2, 0.25) is 5.91 Å². The predicted octanol–water partition coefficient (Wildman–Crippen LogP) is 3.43. The average Bonchev–Trinajstić information content (AvgIpc) is 3.56. The second-order valence-corrected chi connectivity index (χ2v) is 8.74. The lowest BCUT2D eigenvalue weighted by Gasteiger charge is -2.23. The molecule has 31 heavy (non-hydrogen) atoms. The quantitative estimate of drug-likeness (QED) is 0.408. The lowest BCUT2D eigenvalue weighted by atomic mass is 10.2. The van der Waals surface area contributed by atoms with Crippen molar-refractivity contribution in [3.05, 3.63) is 59.9 Å². The normalized spacial score (nSPS) is 13.5. The Bertz CT molecular complexity index is 1030. The average molecular weight is 450 g/mol. The fourth-order valence-electron chi connectivity index (χ4n) is 3.06. The lowest BCUT2D eigenvalue weighted by Crippen LogP contribution is -2.32. The summed E-state index contributed by atoms with van der Waals surface area (Å²) in [6.07, 6.45) is 1.86. The number of carbonyl (C=O) groups excluding carboxylic acids is 2. The Labute approximate surface area is 180 Å². The summed E-state index contributed by atoms with van der Waals surface area (Å²) >= 11 is 0. The molecule has 2 aromatic rings. The van der Waals surface area contributed by atoms with Crippen molar-refractivity contribution in [2.45, 2.75) is 50.1 Å². The molecule has 166 valence electrons. The molecule has 0 aliphatic heterocycles. The van der Waals surface area contributed by atoms with Gasteiger partial charge in [0, 0.05) is 19.0 Å². The topological polar surface area (TPSA) is 90.0 Å². The second kappa shape index (κ2) is 9.91. The molecule has 9 heteroatoms. The van der Waals surface area contributed by atoms with Gasteiger partial charge < -0.3 is 13.8 Å². The standard InChI is InChI=1S/C22H24FNO6S/c1-2-29-22(26)13-12-21(25)24(18-8-9-18)15-16-4-3-5-19(14-16)30-31(27,28)20-10-6-17(23)7-11-20/h3-7,10-11,14,18H,2,8-9,12-13,15H2,1H3. The van der Waals surface area contributed by atoms with E-state index in [2.05, 4.69) is 0 Å². The maximum absolute atomic E-state index is 13.1. The van der Waals surface area contributed by atoms with E-state index in [1.54, 1.807) is 30.0 Å². The van der Waals surface area contributed by atoms with Crippen molar-refractivity contribution in [3.63, 3.8) is 0 Å². The van der Waals surface area contributed by atoms with Crippen LogP contribution in [0.15, 0.2) is 53.4 Å². The van der Waals surface area contributed by atoms with E-state index in [0.29, 0.717) is 5.56 Å². The molecular formula is C22H24FNO6S. The first-order valence-corrected chi connectivity index (χ1v) is 11.4. The van der Waals surface area contributed by atoms with Crippen molar-refractivity contribution in [2.24, 2.45) is 0 Å². The zero-order chi connectivity index (χ0) is 22.4. The Kier molecular flexibility index (Phi) is 7.27. The zero-order valence-electron chi connectivity index (χ0n) is 17.1. The summed E-state index contributed by atoms with van der Waals surface area (Å²) in [5.41, 5.74) is 0.697. The molecule has 7 nitrogen and oxygen atoms in total. The summed E-state index contributed by atoms with van der Waals surface area (Å²) in [6.45, 7) is 2.26. The molecule has 0 bridgehead atoms. The van der Waals surface area contributed by atoms with Gasteiger partial charge in [-0.1, -0.05) is 12.1 Å². The lowest BCUT2D eigenvalue weighted by molar-refractivity contribution is -0.146. The third-order valence-electron chi connectivity index (χ3n) is 4.72. The summed E-state index contributed by atoms with van der Waals surface area (Å²) in [4.78, 5) is 25.7. The van der Waals surface area contributed by atoms with Crippen LogP contribution in [0.3, 0.4) is 0 Å². The van der Waals surface area contributed by atoms with E-state index in [1.165, 1.54) is 6.07 Å². The number of halogens is 1. The van der Waals surface area contributed by atoms with E-state index in [9.17, 15) is 22.4 Å². The van der Waals surface area contributed by atoms with E-state index in [-0.39, 0.29) is 48.6 Å². The maximum Gasteiger partial charge on any atom is 0.339 e. The van der Waals surface area contributed by atoms with Crippen molar-refractivity contribution in [3.8, 4) is 5.75 Å². The van der Waals surface area contributed by atoms with Gasteiger partial charge >= 0.3 is 16.1 Å². The van der Waals surface area contributed by atoms with Crippen LogP contribution in [-0.4, -0.2) is 37.8 Å². The molecule has 1 saturated carbocycles. The Morgan fingerprint density at radius 1 is 1.10 bits per heavy atom. The first-order valence-electron chi connectivity index (χ1n) is 10.0. The number of esters is 1. The molecule has 0 heterocycles. The van der Waals surface area contributed by atoms with Crippen LogP contribution in [-0.2, 0) is 31.0 Å². The van der Waals surface area contributed by atoms with Crippen LogP contribution in [0.1, 0.15) is 38.2 Å². The van der Waals surface area contributed by atoms with Crippen LogP contribution in [0.2, 0.25) is 0 Å². The number of hydrogen-bond donors (Lipinski definition) is 0. The molecule has 0 atom stereocenters. The summed E-state index contributed by atoms with van der Waals surface area (Å²) in [7, 11) is -4.12. The fraction of sp³-hybridized carbons (Fsp3) is 0.364. The van der Waals surface area contributed by atoms with Crippen molar-refractivity contribution < 1.29 is 31.3 Å². The molecule has 0 radical (unpaired) electrons. The third kappa shape index (κ3) is 6.52. The Balaban J connectivity index is 1.67. The summed E-state index contributed by atoms with van der Waals surface area (Å²) in [5.74, 6) is -1.01. The van der Waals surface area contributed by atoms with Gasteiger partial charge in [0.25, 0.3) is 0 Å². The second-order valence-electron chi connectivity index (χ2n) is 7.20. The molecule has 0 spiro atoms. The van der Waals surface area contributed by atoms with E-state index in [4.69, 9.17) is 8.92 Å². The minimum atomic E-state index is -4.12. The van der Waals surface area contributed by atoms with Crippen LogP contribution in [0.5, 0.6) is 5.75 Å². The largest absolute Gasteiger partial charge is 0.466 e. The molecule has 1 aliphatic carbocycles. The molecule has 0 unspecified atom stereocenters. The number of rotatable bonds is 10. The highest BCUT2D eigenvalue weighted by atomic mass is 32.2. The molecule has 1 aliphatic rings. The maximum atomic E-state index is 13.1. The minimum Gasteiger partial charge on any atom is -0.466 e. The molecule has 0 N–H and O–H groups in total. The van der Waals surface area contributed by atoms with Gasteiger partial charge in [0.15, 0.2) is 0 Å². The van der Waals surface area contributed by atoms with Gasteiger partial charge in [-0.05, 0) is 61.7 Å². The van der Waals surface area contributed by atoms with Gasteiger partial charge in [0.05, 0.1) is 13.0 Å². The van der Waals surface area contributed by atoms with Crippen molar-refractivity contribution in [1.82, 2.24) is 4.90 Å². The predicted molar refractivity (Wildman–Crippen MR) is 110 cm³/mol. The Hall–Kier alpha value is -2.94. The van der Waals surface area contributed by atoms with Gasteiger partial charge in [-0.2, -0.15) is 8.42 Å². The van der Waals surface area contributed by atoms with Gasteiger partial charge in [-0.25, -0.2) is 4.39 Å². The summed E-state index contributed by atoms with van der Waals surface area (Å²) in [6, 6.07) is 10.9. The van der Waals surface area contributed by atoms with Gasteiger partial charge in [0.1, 0.15) is 16.5 Å². The number of carbonyl (C=O) groups is 2. The van der Waals surface area contributed by atoms with Crippen LogP contribution in [0.25, 0.3) is 0 Å². The number of nitrogens with zero attached hydrogens (tertiary/aromatic N) is 1. The highest BCUT2D eigenvalue weighted by molar-refractivity contribution is 7.87. The first-order chi connectivity index (χ1) is 14.8. The summed E-state index contributed by atoms with van der Waals surface area (Å²) < 4.78 is 47.9. The Morgan fingerprint density at radius 3 is 2.45 bits per heavy atom. The highest BCUT2D eigenvalue weighted by Gasteiger charge is 2.32. The van der Waals surface area contributed by atoms with Crippen molar-refractivity contribution in [2.75, 3.05) is 6.61 Å². The fourth-order valence-corrected chi connectivity index (χ4v) is 3.98. The number of hydrogen-bond acceptors (Lipinski definition) is 6. The summed E-state index contributed by atoms with van der Waals surface area (Å²) in [5, 5.41) is 0. The van der Waals surface area contributed by atoms with E-state index in [0.717, 1.165) is 37.1 Å². The smallest absolute Gasteiger partial charge is 0.339 e. The zero-order valence-corrected chi connectivity index (χ0v) is 17.9. The molecule has 3 rings (SSSR count). The molecular weight excluding hydrogens is 425 g/mol. The molecule has 1 amide bonds. The van der Waals surface area contributed by atoms with Crippen LogP contribution >= 0.6 is 0 Å². The Morgan fingerprint density at radius 2 is 1.81 bits per heavy atom. The van der Waals surface area contributed by atoms with E-state index in [1.807, 2.05) is 0 Å². The molecule has 0 aromatic heterocycles. The molecule has 1 fully saturated rings. The van der Waals surface area contributed by atoms with Crippen molar-refractivity contribution in [1.29, 1.82) is 0 Å². The van der Waals surface area contributed by atoms with E-state index < -0.39 is 21.9 Å². The number of ether oxygens (including phenoxy) is 1. The number of benzene rings is 2. The van der Waals surface area contributed by atoms with Crippen molar-refractivity contribution >= 4 is 22.0 Å². The SMILES string of the molecule is CCOC(=O)CCC(=O)N(Cc1cccc(OS(=O)(=O)c2ccc(F)cc2)c1)C1CC1. The highest BCUT2D eigenvalue weighted by Crippen LogP contribution is 2.30. The molecule has 0 saturated heterocycles. The third-order valence-corrected chi connectivity index (χ3v) is 5.98. The molecule has 2 aromatic carbocycles.